The molecule has 0 aliphatic carbocycles. The molecule has 1 atom stereocenters. The minimum Gasteiger partial charge on any atom is -0.479 e. The van der Waals surface area contributed by atoms with Crippen LogP contribution in [0.15, 0.2) is 30.3 Å². The lowest BCUT2D eigenvalue weighted by atomic mass is 10.3. The third kappa shape index (κ3) is 3.74. The van der Waals surface area contributed by atoms with Crippen LogP contribution < -0.4 is 10.2 Å². The van der Waals surface area contributed by atoms with Crippen molar-refractivity contribution in [3.63, 3.8) is 0 Å². The van der Waals surface area contributed by atoms with Gasteiger partial charge in [-0.1, -0.05) is 18.2 Å². The van der Waals surface area contributed by atoms with Crippen molar-refractivity contribution in [3.05, 3.63) is 30.3 Å². The molecule has 0 radical (unpaired) electrons. The predicted molar refractivity (Wildman–Crippen MR) is 66.5 cm³/mol. The van der Waals surface area contributed by atoms with E-state index in [4.69, 9.17) is 10.2 Å². The summed E-state index contributed by atoms with van der Waals surface area (Å²) in [6, 6.07) is 8.55. The van der Waals surface area contributed by atoms with E-state index in [-0.39, 0.29) is 6.54 Å². The Hall–Kier alpha value is -2.08. The highest BCUT2D eigenvalue weighted by molar-refractivity contribution is 5.92. The number of nitrogens with one attached hydrogen (secondary N) is 1. The van der Waals surface area contributed by atoms with Crippen LogP contribution in [0, 0.1) is 0 Å². The van der Waals surface area contributed by atoms with Gasteiger partial charge in [-0.3, -0.25) is 4.90 Å². The number of carboxylic acid groups (broad SMARTS) is 1. The van der Waals surface area contributed by atoms with Gasteiger partial charge in [0.15, 0.2) is 6.10 Å². The van der Waals surface area contributed by atoms with E-state index in [1.165, 1.54) is 4.90 Å². The molecule has 0 saturated carbocycles. The van der Waals surface area contributed by atoms with Crippen molar-refractivity contribution in [2.75, 3.05) is 18.0 Å². The topological polar surface area (TPSA) is 89.9 Å². The molecule has 98 valence electrons. The molecule has 0 aliphatic heterocycles. The van der Waals surface area contributed by atoms with E-state index in [1.54, 1.807) is 31.2 Å². The van der Waals surface area contributed by atoms with Crippen LogP contribution in [0.1, 0.15) is 6.92 Å². The molecule has 3 N–H and O–H groups in total. The summed E-state index contributed by atoms with van der Waals surface area (Å²) in [4.78, 5) is 23.7. The summed E-state index contributed by atoms with van der Waals surface area (Å²) in [6.45, 7) is 1.93. The Bertz CT molecular complexity index is 408. The molecule has 0 aliphatic rings. The SMILES string of the molecule is CCN(C(=O)NCC(O)C(=O)O)c1ccccc1. The number of carbonyl (C=O) groups excluding carboxylic acids is 1. The normalized spacial score (nSPS) is 11.7. The van der Waals surface area contributed by atoms with Crippen LogP contribution in [-0.4, -0.2) is 41.4 Å². The summed E-state index contributed by atoms with van der Waals surface area (Å²) in [6.07, 6.45) is -1.59. The van der Waals surface area contributed by atoms with E-state index < -0.39 is 18.1 Å². The third-order valence-electron chi connectivity index (χ3n) is 2.36. The summed E-state index contributed by atoms with van der Waals surface area (Å²) in [5.41, 5.74) is 0.710. The first-order valence-corrected chi connectivity index (χ1v) is 5.57. The fourth-order valence-corrected chi connectivity index (χ4v) is 1.42. The lowest BCUT2D eigenvalue weighted by Gasteiger charge is -2.21. The van der Waals surface area contributed by atoms with Gasteiger partial charge in [-0.2, -0.15) is 0 Å². The van der Waals surface area contributed by atoms with E-state index in [0.29, 0.717) is 12.2 Å². The molecule has 18 heavy (non-hydrogen) atoms. The number of aliphatic carboxylic acids is 1. The number of rotatable bonds is 5. The number of benzene rings is 1. The Morgan fingerprint density at radius 3 is 2.44 bits per heavy atom. The Morgan fingerprint density at radius 1 is 1.33 bits per heavy atom. The molecule has 0 saturated heterocycles. The second-order valence-electron chi connectivity index (χ2n) is 3.62. The Morgan fingerprint density at radius 2 is 1.94 bits per heavy atom. The van der Waals surface area contributed by atoms with E-state index >= 15 is 0 Å². The highest BCUT2D eigenvalue weighted by Crippen LogP contribution is 2.12. The first-order chi connectivity index (χ1) is 8.56. The monoisotopic (exact) mass is 252 g/mol. The number of carbonyl (C=O) groups is 2. The minimum absolute atomic E-state index is 0.322. The van der Waals surface area contributed by atoms with Gasteiger partial charge in [0.25, 0.3) is 0 Å². The van der Waals surface area contributed by atoms with Gasteiger partial charge in [0, 0.05) is 12.2 Å². The summed E-state index contributed by atoms with van der Waals surface area (Å²) in [5.74, 6) is -1.36. The van der Waals surface area contributed by atoms with Crippen LogP contribution in [0.3, 0.4) is 0 Å². The van der Waals surface area contributed by atoms with Gasteiger partial charge < -0.3 is 15.5 Å². The second kappa shape index (κ2) is 6.61. The average molecular weight is 252 g/mol. The van der Waals surface area contributed by atoms with Crippen molar-refractivity contribution >= 4 is 17.7 Å². The number of hydrogen-bond donors (Lipinski definition) is 3. The zero-order valence-electron chi connectivity index (χ0n) is 10.0. The number of hydrogen-bond acceptors (Lipinski definition) is 3. The van der Waals surface area contributed by atoms with Gasteiger partial charge in [-0.15, -0.1) is 0 Å². The maximum absolute atomic E-state index is 11.8. The Labute approximate surface area is 105 Å². The van der Waals surface area contributed by atoms with Crippen molar-refractivity contribution in [1.29, 1.82) is 0 Å². The zero-order chi connectivity index (χ0) is 13.5. The standard InChI is InChI=1S/C12H16N2O4/c1-2-14(9-6-4-3-5-7-9)12(18)13-8-10(15)11(16)17/h3-7,10,15H,2,8H2,1H3,(H,13,18)(H,16,17). The van der Waals surface area contributed by atoms with Gasteiger partial charge in [0.2, 0.25) is 0 Å². The highest BCUT2D eigenvalue weighted by atomic mass is 16.4. The molecule has 2 amide bonds. The molecule has 0 aromatic heterocycles. The van der Waals surface area contributed by atoms with E-state index in [0.717, 1.165) is 0 Å². The fraction of sp³-hybridized carbons (Fsp3) is 0.333. The van der Waals surface area contributed by atoms with Crippen LogP contribution in [-0.2, 0) is 4.79 Å². The van der Waals surface area contributed by atoms with Gasteiger partial charge in [-0.05, 0) is 19.1 Å². The Kier molecular flexibility index (Phi) is 5.13. The number of amides is 2. The van der Waals surface area contributed by atoms with Gasteiger partial charge >= 0.3 is 12.0 Å². The van der Waals surface area contributed by atoms with Crippen LogP contribution in [0.25, 0.3) is 0 Å². The number of urea groups is 1. The summed E-state index contributed by atoms with van der Waals surface area (Å²) in [5, 5.41) is 19.9. The lowest BCUT2D eigenvalue weighted by Crippen LogP contribution is -2.44. The molecule has 1 rings (SSSR count). The molecule has 0 fully saturated rings. The molecule has 0 bridgehead atoms. The van der Waals surface area contributed by atoms with Crippen LogP contribution in [0.4, 0.5) is 10.5 Å². The van der Waals surface area contributed by atoms with E-state index in [2.05, 4.69) is 5.32 Å². The zero-order valence-corrected chi connectivity index (χ0v) is 10.0. The average Bonchev–Trinajstić information content (AvgIpc) is 2.38. The van der Waals surface area contributed by atoms with Crippen molar-refractivity contribution in [2.45, 2.75) is 13.0 Å². The molecule has 6 heteroatoms. The van der Waals surface area contributed by atoms with Crippen molar-refractivity contribution in [1.82, 2.24) is 5.32 Å². The largest absolute Gasteiger partial charge is 0.479 e. The number of nitrogens with zero attached hydrogens (tertiary/aromatic N) is 1. The predicted octanol–water partition coefficient (Wildman–Crippen LogP) is 0.668. The van der Waals surface area contributed by atoms with Crippen molar-refractivity contribution in [2.24, 2.45) is 0 Å². The van der Waals surface area contributed by atoms with Gasteiger partial charge in [-0.25, -0.2) is 9.59 Å². The van der Waals surface area contributed by atoms with Crippen molar-refractivity contribution < 1.29 is 19.8 Å². The Balaban J connectivity index is 2.61. The van der Waals surface area contributed by atoms with Crippen LogP contribution in [0.5, 0.6) is 0 Å². The molecule has 1 aromatic rings. The smallest absolute Gasteiger partial charge is 0.334 e. The van der Waals surface area contributed by atoms with Crippen molar-refractivity contribution in [3.8, 4) is 0 Å². The van der Waals surface area contributed by atoms with E-state index in [9.17, 15) is 9.59 Å². The maximum atomic E-state index is 11.8. The molecular formula is C12H16N2O4. The van der Waals surface area contributed by atoms with Gasteiger partial charge in [0.1, 0.15) is 0 Å². The summed E-state index contributed by atoms with van der Waals surface area (Å²) < 4.78 is 0. The molecular weight excluding hydrogens is 236 g/mol. The van der Waals surface area contributed by atoms with Crippen LogP contribution in [0.2, 0.25) is 0 Å². The van der Waals surface area contributed by atoms with Gasteiger partial charge in [0.05, 0.1) is 6.54 Å². The molecule has 6 nitrogen and oxygen atoms in total. The van der Waals surface area contributed by atoms with E-state index in [1.807, 2.05) is 6.07 Å². The lowest BCUT2D eigenvalue weighted by molar-refractivity contribution is -0.146. The first kappa shape index (κ1) is 14.0. The number of anilines is 1. The number of carboxylic acids is 1. The number of aliphatic hydroxyl groups is 1. The molecule has 1 aromatic carbocycles. The van der Waals surface area contributed by atoms with Crippen LogP contribution >= 0.6 is 0 Å². The molecule has 1 unspecified atom stereocenters. The minimum atomic E-state index is -1.59. The quantitative estimate of drug-likeness (QED) is 0.718. The first-order valence-electron chi connectivity index (χ1n) is 5.57. The fourth-order valence-electron chi connectivity index (χ4n) is 1.42. The number of aliphatic hydroxyl groups excluding tert-OH is 1. The highest BCUT2D eigenvalue weighted by Gasteiger charge is 2.17. The number of para-hydroxylation sites is 1. The summed E-state index contributed by atoms with van der Waals surface area (Å²) >= 11 is 0. The summed E-state index contributed by atoms with van der Waals surface area (Å²) in [7, 11) is 0. The molecule has 0 heterocycles. The molecule has 0 spiro atoms. The third-order valence-corrected chi connectivity index (χ3v) is 2.36. The second-order valence-corrected chi connectivity index (χ2v) is 3.62. The maximum Gasteiger partial charge on any atom is 0.334 e.